The summed E-state index contributed by atoms with van der Waals surface area (Å²) in [6, 6.07) is 3.61. The van der Waals surface area contributed by atoms with Gasteiger partial charge in [0.1, 0.15) is 0 Å². The highest BCUT2D eigenvalue weighted by molar-refractivity contribution is 7.80. The molecule has 5 nitrogen and oxygen atoms in total. The fourth-order valence-corrected chi connectivity index (χ4v) is 2.11. The van der Waals surface area contributed by atoms with Crippen molar-refractivity contribution in [1.82, 2.24) is 10.7 Å². The summed E-state index contributed by atoms with van der Waals surface area (Å²) in [7, 11) is 0. The number of halogens is 1. The first kappa shape index (κ1) is 18.5. The third kappa shape index (κ3) is 6.07. The van der Waals surface area contributed by atoms with E-state index < -0.39 is 0 Å². The van der Waals surface area contributed by atoms with Crippen molar-refractivity contribution in [2.24, 2.45) is 5.10 Å². The molecule has 2 N–H and O–H groups in total. The first-order chi connectivity index (χ1) is 10.6. The molecule has 1 aromatic rings. The van der Waals surface area contributed by atoms with Crippen molar-refractivity contribution >= 4 is 35.1 Å². The second-order valence-corrected chi connectivity index (χ2v) is 5.16. The Morgan fingerprint density at radius 3 is 2.73 bits per heavy atom. The number of hydrazone groups is 1. The molecule has 0 bridgehead atoms. The molecule has 0 saturated heterocycles. The standard InChI is InChI=1S/C15H22ClN3O2S/c1-4-7-21-14-12(16)8-11(9-13(14)20-6-3)10-18-19-15(22)17-5-2/h8-10H,4-7H2,1-3H3,(H2,17,19,22)/b18-10+. The zero-order valence-electron chi connectivity index (χ0n) is 13.1. The van der Waals surface area contributed by atoms with Gasteiger partial charge in [-0.15, -0.1) is 0 Å². The summed E-state index contributed by atoms with van der Waals surface area (Å²) in [5.41, 5.74) is 3.52. The van der Waals surface area contributed by atoms with Crippen LogP contribution in [0.4, 0.5) is 0 Å². The molecule has 0 saturated carbocycles. The fourth-order valence-electron chi connectivity index (χ4n) is 1.64. The van der Waals surface area contributed by atoms with Crippen molar-refractivity contribution in [3.8, 4) is 11.5 Å². The summed E-state index contributed by atoms with van der Waals surface area (Å²) in [5.74, 6) is 1.18. The van der Waals surface area contributed by atoms with Crippen LogP contribution in [0.15, 0.2) is 17.2 Å². The number of nitrogens with one attached hydrogen (secondary N) is 2. The second kappa shape index (κ2) is 10.2. The van der Waals surface area contributed by atoms with Gasteiger partial charge in [-0.3, -0.25) is 5.43 Å². The van der Waals surface area contributed by atoms with Crippen LogP contribution in [0.25, 0.3) is 0 Å². The number of hydrogen-bond donors (Lipinski definition) is 2. The van der Waals surface area contributed by atoms with E-state index in [-0.39, 0.29) is 0 Å². The van der Waals surface area contributed by atoms with Crippen LogP contribution >= 0.6 is 23.8 Å². The van der Waals surface area contributed by atoms with E-state index in [0.29, 0.717) is 34.8 Å². The molecule has 0 heterocycles. The summed E-state index contributed by atoms with van der Waals surface area (Å²) in [6.45, 7) is 7.77. The molecule has 0 unspecified atom stereocenters. The smallest absolute Gasteiger partial charge is 0.186 e. The fraction of sp³-hybridized carbons (Fsp3) is 0.467. The van der Waals surface area contributed by atoms with E-state index in [4.69, 9.17) is 33.3 Å². The Morgan fingerprint density at radius 1 is 1.32 bits per heavy atom. The van der Waals surface area contributed by atoms with E-state index in [1.165, 1.54) is 0 Å². The topological polar surface area (TPSA) is 54.9 Å². The van der Waals surface area contributed by atoms with E-state index in [2.05, 4.69) is 15.8 Å². The Bertz CT molecular complexity index is 524. The zero-order valence-corrected chi connectivity index (χ0v) is 14.7. The minimum atomic E-state index is 0.470. The maximum Gasteiger partial charge on any atom is 0.186 e. The maximum absolute atomic E-state index is 6.27. The number of nitrogens with zero attached hydrogens (tertiary/aromatic N) is 1. The van der Waals surface area contributed by atoms with Crippen molar-refractivity contribution < 1.29 is 9.47 Å². The van der Waals surface area contributed by atoms with Crippen molar-refractivity contribution in [1.29, 1.82) is 0 Å². The summed E-state index contributed by atoms with van der Waals surface area (Å²) < 4.78 is 11.2. The molecule has 122 valence electrons. The Kier molecular flexibility index (Phi) is 8.62. The quantitative estimate of drug-likeness (QED) is 0.430. The van der Waals surface area contributed by atoms with Gasteiger partial charge in [0.25, 0.3) is 0 Å². The van der Waals surface area contributed by atoms with Crippen LogP contribution in [0.3, 0.4) is 0 Å². The molecule has 0 aliphatic carbocycles. The highest BCUT2D eigenvalue weighted by Gasteiger charge is 2.11. The molecule has 0 atom stereocenters. The molecular formula is C15H22ClN3O2S. The average Bonchev–Trinajstić information content (AvgIpc) is 2.47. The van der Waals surface area contributed by atoms with Crippen LogP contribution in [0, 0.1) is 0 Å². The highest BCUT2D eigenvalue weighted by atomic mass is 35.5. The molecule has 0 aliphatic rings. The molecule has 0 fully saturated rings. The molecule has 0 amide bonds. The third-order valence-electron chi connectivity index (χ3n) is 2.50. The van der Waals surface area contributed by atoms with E-state index in [9.17, 15) is 0 Å². The van der Waals surface area contributed by atoms with Crippen LogP contribution in [-0.2, 0) is 0 Å². The van der Waals surface area contributed by atoms with Crippen LogP contribution in [0.1, 0.15) is 32.8 Å². The first-order valence-corrected chi connectivity index (χ1v) is 8.06. The number of ether oxygens (including phenoxy) is 2. The van der Waals surface area contributed by atoms with Gasteiger partial charge in [0.05, 0.1) is 24.5 Å². The van der Waals surface area contributed by atoms with Crippen LogP contribution in [-0.4, -0.2) is 31.1 Å². The van der Waals surface area contributed by atoms with Gasteiger partial charge in [0.15, 0.2) is 16.6 Å². The first-order valence-electron chi connectivity index (χ1n) is 7.28. The Labute approximate surface area is 142 Å². The minimum Gasteiger partial charge on any atom is -0.490 e. The van der Waals surface area contributed by atoms with Gasteiger partial charge in [-0.1, -0.05) is 18.5 Å². The molecule has 7 heteroatoms. The van der Waals surface area contributed by atoms with Gasteiger partial charge >= 0.3 is 0 Å². The molecule has 1 aromatic carbocycles. The van der Waals surface area contributed by atoms with E-state index in [0.717, 1.165) is 18.5 Å². The van der Waals surface area contributed by atoms with Crippen LogP contribution < -0.4 is 20.2 Å². The van der Waals surface area contributed by atoms with Gasteiger partial charge in [-0.2, -0.15) is 5.10 Å². The SMILES string of the molecule is CCCOc1c(Cl)cc(/C=N/NC(=S)NCC)cc1OCC. The van der Waals surface area contributed by atoms with Gasteiger partial charge < -0.3 is 14.8 Å². The lowest BCUT2D eigenvalue weighted by atomic mass is 10.2. The number of rotatable bonds is 8. The monoisotopic (exact) mass is 343 g/mol. The highest BCUT2D eigenvalue weighted by Crippen LogP contribution is 2.36. The minimum absolute atomic E-state index is 0.470. The van der Waals surface area contributed by atoms with E-state index in [1.54, 1.807) is 12.3 Å². The van der Waals surface area contributed by atoms with E-state index in [1.807, 2.05) is 26.8 Å². The van der Waals surface area contributed by atoms with Gasteiger partial charge in [-0.05, 0) is 50.2 Å². The van der Waals surface area contributed by atoms with Gasteiger partial charge in [0.2, 0.25) is 0 Å². The van der Waals surface area contributed by atoms with Crippen molar-refractivity contribution in [3.63, 3.8) is 0 Å². The molecule has 22 heavy (non-hydrogen) atoms. The molecule has 0 spiro atoms. The lowest BCUT2D eigenvalue weighted by Crippen LogP contribution is -2.31. The third-order valence-corrected chi connectivity index (χ3v) is 3.02. The Balaban J connectivity index is 2.88. The number of hydrogen-bond acceptors (Lipinski definition) is 4. The largest absolute Gasteiger partial charge is 0.490 e. The number of benzene rings is 1. The summed E-state index contributed by atoms with van der Waals surface area (Å²) in [5, 5.41) is 7.97. The summed E-state index contributed by atoms with van der Waals surface area (Å²) in [4.78, 5) is 0. The lowest BCUT2D eigenvalue weighted by Gasteiger charge is -2.13. The van der Waals surface area contributed by atoms with E-state index >= 15 is 0 Å². The lowest BCUT2D eigenvalue weighted by molar-refractivity contribution is 0.277. The Hall–Kier alpha value is -1.53. The maximum atomic E-state index is 6.27. The molecule has 1 rings (SSSR count). The average molecular weight is 344 g/mol. The van der Waals surface area contributed by atoms with Gasteiger partial charge in [0, 0.05) is 6.54 Å². The second-order valence-electron chi connectivity index (χ2n) is 4.34. The molecular weight excluding hydrogens is 322 g/mol. The van der Waals surface area contributed by atoms with Crippen molar-refractivity contribution in [3.05, 3.63) is 22.7 Å². The normalized spacial score (nSPS) is 10.5. The summed E-state index contributed by atoms with van der Waals surface area (Å²) >= 11 is 11.3. The Morgan fingerprint density at radius 2 is 2.09 bits per heavy atom. The molecule has 0 aliphatic heterocycles. The van der Waals surface area contributed by atoms with Crippen LogP contribution in [0.2, 0.25) is 5.02 Å². The predicted octanol–water partition coefficient (Wildman–Crippen LogP) is 3.35. The molecule has 0 radical (unpaired) electrons. The van der Waals surface area contributed by atoms with Crippen molar-refractivity contribution in [2.45, 2.75) is 27.2 Å². The van der Waals surface area contributed by atoms with Crippen LogP contribution in [0.5, 0.6) is 11.5 Å². The number of thiocarbonyl (C=S) groups is 1. The predicted molar refractivity (Wildman–Crippen MR) is 95.4 cm³/mol. The van der Waals surface area contributed by atoms with Crippen molar-refractivity contribution in [2.75, 3.05) is 19.8 Å². The molecule has 0 aromatic heterocycles. The zero-order chi connectivity index (χ0) is 16.4. The summed E-state index contributed by atoms with van der Waals surface area (Å²) in [6.07, 6.45) is 2.53. The van der Waals surface area contributed by atoms with Gasteiger partial charge in [-0.25, -0.2) is 0 Å².